The van der Waals surface area contributed by atoms with Crippen LogP contribution >= 0.6 is 0 Å². The molecule has 0 aliphatic rings. The quantitative estimate of drug-likeness (QED) is 0.207. The van der Waals surface area contributed by atoms with E-state index in [1.54, 1.807) is 0 Å². The van der Waals surface area contributed by atoms with Crippen molar-refractivity contribution in [1.82, 2.24) is 8.97 Å². The molecule has 174 valence electrons. The molecule has 3 aromatic heterocycles. The van der Waals surface area contributed by atoms with Crippen LogP contribution in [0.3, 0.4) is 0 Å². The van der Waals surface area contributed by atoms with Crippen molar-refractivity contribution in [3.63, 3.8) is 0 Å². The highest BCUT2D eigenvalue weighted by atomic mass is 15.0. The summed E-state index contributed by atoms with van der Waals surface area (Å²) in [5, 5.41) is 13.3. The van der Waals surface area contributed by atoms with Crippen LogP contribution in [0, 0.1) is 0 Å². The summed E-state index contributed by atoms with van der Waals surface area (Å²) in [5.74, 6) is 0. The molecule has 7 aromatic carbocycles. The normalized spacial score (nSPS) is 12.7. The summed E-state index contributed by atoms with van der Waals surface area (Å²) in [6, 6.07) is 44.8. The predicted octanol–water partition coefficient (Wildman–Crippen LogP) is 9.68. The van der Waals surface area contributed by atoms with Gasteiger partial charge in [0.15, 0.2) is 0 Å². The Morgan fingerprint density at radius 1 is 0.342 bits per heavy atom. The van der Waals surface area contributed by atoms with Crippen molar-refractivity contribution < 1.29 is 0 Å². The number of hydrogen-bond donors (Lipinski definition) is 0. The van der Waals surface area contributed by atoms with E-state index in [1.807, 2.05) is 0 Å². The fraction of sp³-hybridized carbons (Fsp3) is 0. The zero-order chi connectivity index (χ0) is 24.5. The maximum Gasteiger partial charge on any atom is 0.0627 e. The average molecular weight is 481 g/mol. The Labute approximate surface area is 217 Å². The second kappa shape index (κ2) is 6.42. The first-order valence-electron chi connectivity index (χ1n) is 13.2. The van der Waals surface area contributed by atoms with Gasteiger partial charge in [-0.15, -0.1) is 0 Å². The van der Waals surface area contributed by atoms with Crippen LogP contribution in [0.25, 0.3) is 87.1 Å². The molecule has 2 nitrogen and oxygen atoms in total. The molecule has 0 saturated carbocycles. The van der Waals surface area contributed by atoms with Gasteiger partial charge in [0.1, 0.15) is 0 Å². The lowest BCUT2D eigenvalue weighted by atomic mass is 9.93. The third-order valence-electron chi connectivity index (χ3n) is 8.79. The number of benzene rings is 7. The van der Waals surface area contributed by atoms with Crippen molar-refractivity contribution >= 4 is 81.4 Å². The first kappa shape index (κ1) is 19.1. The molecule has 38 heavy (non-hydrogen) atoms. The lowest BCUT2D eigenvalue weighted by Crippen LogP contribution is -1.93. The van der Waals surface area contributed by atoms with Crippen LogP contribution < -0.4 is 0 Å². The topological polar surface area (TPSA) is 9.34 Å². The van der Waals surface area contributed by atoms with Crippen LogP contribution in [-0.2, 0) is 0 Å². The molecular weight excluding hydrogens is 460 g/mol. The highest BCUT2D eigenvalue weighted by Crippen LogP contribution is 2.47. The molecule has 0 atom stereocenters. The van der Waals surface area contributed by atoms with E-state index >= 15 is 0 Å². The van der Waals surface area contributed by atoms with E-state index in [9.17, 15) is 0 Å². The largest absolute Gasteiger partial charge is 0.309 e. The molecule has 0 N–H and O–H groups in total. The second-order valence-corrected chi connectivity index (χ2v) is 10.5. The van der Waals surface area contributed by atoms with Gasteiger partial charge in [0.25, 0.3) is 0 Å². The van der Waals surface area contributed by atoms with E-state index in [4.69, 9.17) is 0 Å². The molecule has 0 fully saturated rings. The molecule has 0 radical (unpaired) electrons. The highest BCUT2D eigenvalue weighted by molar-refractivity contribution is 6.38. The summed E-state index contributed by atoms with van der Waals surface area (Å²) >= 11 is 0. The van der Waals surface area contributed by atoms with Crippen molar-refractivity contribution in [3.8, 4) is 5.69 Å². The third-order valence-corrected chi connectivity index (χ3v) is 8.79. The van der Waals surface area contributed by atoms with E-state index in [-0.39, 0.29) is 0 Å². The van der Waals surface area contributed by atoms with Gasteiger partial charge in [-0.25, -0.2) is 0 Å². The third kappa shape index (κ3) is 2.06. The summed E-state index contributed by atoms with van der Waals surface area (Å²) in [4.78, 5) is 0. The van der Waals surface area contributed by atoms with Crippen LogP contribution in [0.1, 0.15) is 0 Å². The molecule has 0 unspecified atom stereocenters. The molecule has 0 aliphatic heterocycles. The molecule has 0 spiro atoms. The van der Waals surface area contributed by atoms with Gasteiger partial charge in [0, 0.05) is 38.0 Å². The van der Waals surface area contributed by atoms with E-state index in [0.29, 0.717) is 0 Å². The molecule has 10 rings (SSSR count). The van der Waals surface area contributed by atoms with Crippen molar-refractivity contribution in [2.24, 2.45) is 0 Å². The summed E-state index contributed by atoms with van der Waals surface area (Å²) in [7, 11) is 0. The van der Waals surface area contributed by atoms with E-state index in [0.717, 1.165) is 0 Å². The Hall–Kier alpha value is -5.08. The molecule has 0 bridgehead atoms. The average Bonchev–Trinajstić information content (AvgIpc) is 3.62. The number of aromatic nitrogens is 2. The Balaban J connectivity index is 1.40. The fourth-order valence-electron chi connectivity index (χ4n) is 7.33. The first-order chi connectivity index (χ1) is 18.9. The minimum atomic E-state index is 1.20. The Bertz CT molecular complexity index is 2510. The number of para-hydroxylation sites is 2. The van der Waals surface area contributed by atoms with Crippen LogP contribution in [0.5, 0.6) is 0 Å². The van der Waals surface area contributed by atoms with Gasteiger partial charge >= 0.3 is 0 Å². The van der Waals surface area contributed by atoms with Gasteiger partial charge in [0.05, 0.1) is 27.6 Å². The molecule has 0 amide bonds. The van der Waals surface area contributed by atoms with E-state index in [2.05, 4.69) is 130 Å². The van der Waals surface area contributed by atoms with Crippen LogP contribution in [0.15, 0.2) is 121 Å². The standard InChI is InChI=1S/C36H20N2/c1-2-9-23-22(8-1)26-12-7-15-33-34(26)35-27(23)17-18-28-29-20-21(16-19-32(29)38(33)36(28)35)37-30-13-5-3-10-24(30)25-11-4-6-14-31(25)37/h1-20H. The number of rotatable bonds is 1. The van der Waals surface area contributed by atoms with Gasteiger partial charge in [-0.1, -0.05) is 84.9 Å². The zero-order valence-corrected chi connectivity index (χ0v) is 20.4. The Morgan fingerprint density at radius 2 is 0.921 bits per heavy atom. The van der Waals surface area contributed by atoms with Gasteiger partial charge < -0.3 is 8.97 Å². The molecule has 3 heterocycles. The molecule has 2 heteroatoms. The summed E-state index contributed by atoms with van der Waals surface area (Å²) < 4.78 is 4.92. The van der Waals surface area contributed by atoms with Crippen molar-refractivity contribution in [3.05, 3.63) is 121 Å². The lowest BCUT2D eigenvalue weighted by molar-refractivity contribution is 1.18. The first-order valence-corrected chi connectivity index (χ1v) is 13.2. The minimum Gasteiger partial charge on any atom is -0.309 e. The van der Waals surface area contributed by atoms with Crippen molar-refractivity contribution in [2.45, 2.75) is 0 Å². The molecular formula is C36H20N2. The van der Waals surface area contributed by atoms with Crippen molar-refractivity contribution in [1.29, 1.82) is 0 Å². The highest BCUT2D eigenvalue weighted by Gasteiger charge is 2.23. The number of fused-ring (bicyclic) bond motifs is 10. The van der Waals surface area contributed by atoms with Gasteiger partial charge in [-0.2, -0.15) is 0 Å². The van der Waals surface area contributed by atoms with Crippen LogP contribution in [0.2, 0.25) is 0 Å². The van der Waals surface area contributed by atoms with Crippen LogP contribution in [-0.4, -0.2) is 8.97 Å². The summed E-state index contributed by atoms with van der Waals surface area (Å²) in [5.41, 5.74) is 7.59. The van der Waals surface area contributed by atoms with Gasteiger partial charge in [-0.3, -0.25) is 0 Å². The lowest BCUT2D eigenvalue weighted by Gasteiger charge is -2.10. The van der Waals surface area contributed by atoms with Gasteiger partial charge in [-0.05, 0) is 57.9 Å². The summed E-state index contributed by atoms with van der Waals surface area (Å²) in [6.45, 7) is 0. The number of hydrogen-bond acceptors (Lipinski definition) is 0. The maximum atomic E-state index is 2.50. The molecule has 10 aromatic rings. The molecule has 0 saturated heterocycles. The Morgan fingerprint density at radius 3 is 1.66 bits per heavy atom. The number of nitrogens with zero attached hydrogens (tertiary/aromatic N) is 2. The smallest absolute Gasteiger partial charge is 0.0627 e. The second-order valence-electron chi connectivity index (χ2n) is 10.5. The Kier molecular flexibility index (Phi) is 3.23. The summed E-state index contributed by atoms with van der Waals surface area (Å²) in [6.07, 6.45) is 0. The minimum absolute atomic E-state index is 1.20. The molecule has 0 aliphatic carbocycles. The SMILES string of the molecule is c1ccc2c(c1)c1cccc3c1c1c2ccc2c4cc(-n5c6ccccc6c6ccccc65)ccc4n3c21. The van der Waals surface area contributed by atoms with Crippen molar-refractivity contribution in [2.75, 3.05) is 0 Å². The van der Waals surface area contributed by atoms with E-state index < -0.39 is 0 Å². The fourth-order valence-corrected chi connectivity index (χ4v) is 7.33. The van der Waals surface area contributed by atoms with Gasteiger partial charge in [0.2, 0.25) is 0 Å². The van der Waals surface area contributed by atoms with Crippen LogP contribution in [0.4, 0.5) is 0 Å². The predicted molar refractivity (Wildman–Crippen MR) is 162 cm³/mol. The maximum absolute atomic E-state index is 2.50. The monoisotopic (exact) mass is 480 g/mol. The van der Waals surface area contributed by atoms with E-state index in [1.165, 1.54) is 87.1 Å². The zero-order valence-electron chi connectivity index (χ0n) is 20.4.